The molecule has 0 saturated heterocycles. The topological polar surface area (TPSA) is 78.9 Å². The molecule has 0 saturated carbocycles. The zero-order chi connectivity index (χ0) is 22.1. The minimum Gasteiger partial charge on any atom is -0.456 e. The van der Waals surface area contributed by atoms with Gasteiger partial charge in [0.25, 0.3) is 11.8 Å². The van der Waals surface area contributed by atoms with Crippen molar-refractivity contribution in [2.45, 2.75) is 13.1 Å². The summed E-state index contributed by atoms with van der Waals surface area (Å²) in [7, 11) is 1.56. The number of alkyl halides is 3. The van der Waals surface area contributed by atoms with Crippen LogP contribution in [0.1, 0.15) is 22.8 Å². The number of hydrogen-bond donors (Lipinski definition) is 1. The van der Waals surface area contributed by atoms with E-state index in [9.17, 15) is 27.6 Å². The van der Waals surface area contributed by atoms with Crippen LogP contribution in [0.2, 0.25) is 0 Å². The van der Waals surface area contributed by atoms with Crippen LogP contribution in [0.3, 0.4) is 0 Å². The molecule has 0 radical (unpaired) electrons. The van der Waals surface area contributed by atoms with Gasteiger partial charge >= 0.3 is 12.1 Å². The van der Waals surface area contributed by atoms with E-state index in [1.165, 1.54) is 30.0 Å². The molecule has 2 aromatic rings. The molecule has 1 N–H and O–H groups in total. The van der Waals surface area contributed by atoms with E-state index in [1.807, 2.05) is 0 Å². The van der Waals surface area contributed by atoms with E-state index in [2.05, 4.69) is 10.1 Å². The molecule has 0 spiro atoms. The molecule has 0 aromatic heterocycles. The maximum absolute atomic E-state index is 12.8. The number of halogens is 3. The molecule has 7 nitrogen and oxygen atoms in total. The Bertz CT molecular complexity index is 990. The third-order valence-electron chi connectivity index (χ3n) is 4.41. The highest BCUT2D eigenvalue weighted by molar-refractivity contribution is 6.04. The fourth-order valence-corrected chi connectivity index (χ4v) is 2.99. The maximum Gasteiger partial charge on any atom is 0.416 e. The van der Waals surface area contributed by atoms with Crippen LogP contribution in [0.15, 0.2) is 42.5 Å². The predicted molar refractivity (Wildman–Crippen MR) is 102 cm³/mol. The van der Waals surface area contributed by atoms with Crippen LogP contribution >= 0.6 is 0 Å². The minimum absolute atomic E-state index is 0.148. The van der Waals surface area contributed by atoms with Crippen molar-refractivity contribution in [2.75, 3.05) is 30.5 Å². The van der Waals surface area contributed by atoms with Gasteiger partial charge in [0.15, 0.2) is 6.61 Å². The van der Waals surface area contributed by atoms with E-state index in [0.29, 0.717) is 17.1 Å². The largest absolute Gasteiger partial charge is 0.456 e. The molecule has 1 aliphatic heterocycles. The van der Waals surface area contributed by atoms with Crippen LogP contribution < -0.4 is 10.2 Å². The van der Waals surface area contributed by atoms with Gasteiger partial charge in [-0.3, -0.25) is 14.4 Å². The Labute approximate surface area is 170 Å². The fourth-order valence-electron chi connectivity index (χ4n) is 2.99. The zero-order valence-corrected chi connectivity index (χ0v) is 16.1. The third-order valence-corrected chi connectivity index (χ3v) is 4.41. The fraction of sp³-hybridized carbons (Fsp3) is 0.250. The first-order chi connectivity index (χ1) is 14.1. The van der Waals surface area contributed by atoms with Crippen LogP contribution in [0.4, 0.5) is 30.2 Å². The Morgan fingerprint density at radius 1 is 1.13 bits per heavy atom. The molecule has 0 aliphatic carbocycles. The number of esters is 1. The average Bonchev–Trinajstić information content (AvgIpc) is 2.69. The molecule has 3 rings (SSSR count). The van der Waals surface area contributed by atoms with Crippen LogP contribution in [0, 0.1) is 0 Å². The molecule has 0 atom stereocenters. The first-order valence-corrected chi connectivity index (χ1v) is 8.84. The summed E-state index contributed by atoms with van der Waals surface area (Å²) < 4.78 is 43.1. The minimum atomic E-state index is -4.44. The first-order valence-electron chi connectivity index (χ1n) is 8.84. The van der Waals surface area contributed by atoms with Crippen molar-refractivity contribution in [3.63, 3.8) is 0 Å². The molecule has 2 aromatic carbocycles. The summed E-state index contributed by atoms with van der Waals surface area (Å²) in [6, 6.07) is 9.26. The molecule has 2 amide bonds. The number of nitrogens with zero attached hydrogens (tertiary/aromatic N) is 2. The lowest BCUT2D eigenvalue weighted by atomic mass is 10.1. The second-order valence-electron chi connectivity index (χ2n) is 6.68. The SMILES string of the molecule is CC(=O)OCC(=O)Nc1ccc2c(c1)C(=O)N(C)CN2c1ccc(C(F)(F)F)cc1. The van der Waals surface area contributed by atoms with E-state index < -0.39 is 30.2 Å². The Hall–Kier alpha value is -3.56. The summed E-state index contributed by atoms with van der Waals surface area (Å²) >= 11 is 0. The van der Waals surface area contributed by atoms with Gasteiger partial charge in [-0.1, -0.05) is 0 Å². The summed E-state index contributed by atoms with van der Waals surface area (Å²) in [6.07, 6.45) is -4.44. The van der Waals surface area contributed by atoms with Gasteiger partial charge in [0, 0.05) is 25.3 Å². The van der Waals surface area contributed by atoms with Gasteiger partial charge in [-0.15, -0.1) is 0 Å². The second-order valence-corrected chi connectivity index (χ2v) is 6.68. The van der Waals surface area contributed by atoms with Crippen molar-refractivity contribution in [2.24, 2.45) is 0 Å². The molecule has 1 heterocycles. The number of anilines is 3. The Morgan fingerprint density at radius 3 is 2.40 bits per heavy atom. The highest BCUT2D eigenvalue weighted by Crippen LogP contribution is 2.36. The molecular formula is C20H18F3N3O4. The van der Waals surface area contributed by atoms with E-state index in [4.69, 9.17) is 0 Å². The molecule has 0 fully saturated rings. The standard InChI is InChI=1S/C20H18F3N3O4/c1-12(27)30-10-18(28)24-14-5-8-17-16(9-14)19(29)25(2)11-26(17)15-6-3-13(4-7-15)20(21,22)23/h3-9H,10-11H2,1-2H3,(H,24,28). The monoisotopic (exact) mass is 421 g/mol. The number of ether oxygens (including phenoxy) is 1. The molecular weight excluding hydrogens is 403 g/mol. The highest BCUT2D eigenvalue weighted by atomic mass is 19.4. The molecule has 1 aliphatic rings. The first kappa shape index (κ1) is 21.2. The molecule has 0 bridgehead atoms. The predicted octanol–water partition coefficient (Wildman–Crippen LogP) is 3.39. The van der Waals surface area contributed by atoms with Gasteiger partial charge in [-0.05, 0) is 42.5 Å². The summed E-state index contributed by atoms with van der Waals surface area (Å²) in [6.45, 7) is 0.865. The summed E-state index contributed by atoms with van der Waals surface area (Å²) in [5, 5.41) is 2.53. The second kappa shape index (κ2) is 8.05. The normalized spacial score (nSPS) is 13.7. The van der Waals surface area contributed by atoms with Crippen molar-refractivity contribution in [3.8, 4) is 0 Å². The smallest absolute Gasteiger partial charge is 0.416 e. The number of amides is 2. The number of fused-ring (bicyclic) bond motifs is 1. The average molecular weight is 421 g/mol. The summed E-state index contributed by atoms with van der Waals surface area (Å²) in [5.41, 5.74) is 0.806. The van der Waals surface area contributed by atoms with E-state index in [0.717, 1.165) is 12.1 Å². The Kier molecular flexibility index (Phi) is 5.68. The molecule has 10 heteroatoms. The number of carbonyl (C=O) groups is 3. The lowest BCUT2D eigenvalue weighted by Crippen LogP contribution is -2.42. The van der Waals surface area contributed by atoms with Crippen LogP contribution in [-0.4, -0.2) is 43.0 Å². The molecule has 158 valence electrons. The van der Waals surface area contributed by atoms with E-state index in [-0.39, 0.29) is 18.1 Å². The number of nitrogens with one attached hydrogen (secondary N) is 1. The quantitative estimate of drug-likeness (QED) is 0.766. The number of carbonyl (C=O) groups excluding carboxylic acids is 3. The lowest BCUT2D eigenvalue weighted by Gasteiger charge is -2.36. The Balaban J connectivity index is 1.88. The van der Waals surface area contributed by atoms with E-state index >= 15 is 0 Å². The maximum atomic E-state index is 12.8. The number of benzene rings is 2. The van der Waals surface area contributed by atoms with Crippen LogP contribution in [0.5, 0.6) is 0 Å². The van der Waals surface area contributed by atoms with Crippen LogP contribution in [-0.2, 0) is 20.5 Å². The lowest BCUT2D eigenvalue weighted by molar-refractivity contribution is -0.145. The summed E-state index contributed by atoms with van der Waals surface area (Å²) in [5.74, 6) is -1.47. The summed E-state index contributed by atoms with van der Waals surface area (Å²) in [4.78, 5) is 38.3. The van der Waals surface area contributed by atoms with Crippen molar-refractivity contribution < 1.29 is 32.3 Å². The van der Waals surface area contributed by atoms with Crippen LogP contribution in [0.25, 0.3) is 0 Å². The van der Waals surface area contributed by atoms with Gasteiger partial charge in [0.1, 0.15) is 0 Å². The van der Waals surface area contributed by atoms with Gasteiger partial charge in [0.05, 0.1) is 23.5 Å². The van der Waals surface area contributed by atoms with E-state index in [1.54, 1.807) is 24.1 Å². The number of hydrogen-bond acceptors (Lipinski definition) is 5. The Morgan fingerprint density at radius 2 is 1.80 bits per heavy atom. The van der Waals surface area contributed by atoms with Crippen molar-refractivity contribution in [3.05, 3.63) is 53.6 Å². The molecule has 0 unspecified atom stereocenters. The highest BCUT2D eigenvalue weighted by Gasteiger charge is 2.32. The zero-order valence-electron chi connectivity index (χ0n) is 16.1. The van der Waals surface area contributed by atoms with Gasteiger partial charge in [-0.25, -0.2) is 0 Å². The van der Waals surface area contributed by atoms with Gasteiger partial charge in [0.2, 0.25) is 0 Å². The van der Waals surface area contributed by atoms with Crippen molar-refractivity contribution in [1.82, 2.24) is 4.90 Å². The van der Waals surface area contributed by atoms with Crippen molar-refractivity contribution in [1.29, 1.82) is 0 Å². The number of rotatable bonds is 4. The van der Waals surface area contributed by atoms with Gasteiger partial charge in [-0.2, -0.15) is 13.2 Å². The third kappa shape index (κ3) is 4.53. The molecule has 30 heavy (non-hydrogen) atoms. The van der Waals surface area contributed by atoms with Crippen molar-refractivity contribution >= 4 is 34.8 Å². The van der Waals surface area contributed by atoms with Gasteiger partial charge < -0.3 is 19.9 Å².